The Morgan fingerprint density at radius 3 is 2.35 bits per heavy atom. The van der Waals surface area contributed by atoms with Gasteiger partial charge in [0.15, 0.2) is 0 Å². The van der Waals surface area contributed by atoms with Crippen molar-refractivity contribution >= 4 is 16.0 Å². The average molecular weight is 299 g/mol. The van der Waals surface area contributed by atoms with Crippen molar-refractivity contribution in [1.82, 2.24) is 4.72 Å². The molecule has 0 radical (unpaired) electrons. The Balaban J connectivity index is 2.73. The van der Waals surface area contributed by atoms with E-state index in [9.17, 15) is 13.2 Å². The smallest absolute Gasteiger partial charge is 0.305 e. The molecule has 5 nitrogen and oxygen atoms in total. The minimum absolute atomic E-state index is 0.0694. The lowest BCUT2D eigenvalue weighted by molar-refractivity contribution is -0.138. The van der Waals surface area contributed by atoms with E-state index in [1.54, 1.807) is 13.8 Å². The molecule has 1 rings (SSSR count). The number of benzene rings is 1. The summed E-state index contributed by atoms with van der Waals surface area (Å²) in [5.41, 5.74) is -0.0601. The second-order valence-corrected chi connectivity index (χ2v) is 7.42. The third-order valence-corrected chi connectivity index (χ3v) is 4.67. The zero-order valence-corrected chi connectivity index (χ0v) is 12.8. The Morgan fingerprint density at radius 1 is 1.30 bits per heavy atom. The molecule has 0 amide bonds. The quantitative estimate of drug-likeness (QED) is 0.806. The summed E-state index contributed by atoms with van der Waals surface area (Å²) in [5, 5.41) is 8.77. The number of carbonyl (C=O) groups is 1. The van der Waals surface area contributed by atoms with E-state index in [0.29, 0.717) is 0 Å². The minimum Gasteiger partial charge on any atom is -0.481 e. The molecule has 0 aromatic heterocycles. The van der Waals surface area contributed by atoms with Gasteiger partial charge in [-0.3, -0.25) is 4.79 Å². The molecule has 0 saturated carbocycles. The van der Waals surface area contributed by atoms with Crippen LogP contribution >= 0.6 is 0 Å². The Kier molecular flexibility index (Phi) is 5.30. The highest BCUT2D eigenvalue weighted by Crippen LogP contribution is 2.18. The van der Waals surface area contributed by atoms with Crippen LogP contribution in [0.4, 0.5) is 0 Å². The van der Waals surface area contributed by atoms with Crippen LogP contribution in [0, 0.1) is 0 Å². The molecule has 0 aliphatic carbocycles. The molecule has 0 heterocycles. The van der Waals surface area contributed by atoms with E-state index in [4.69, 9.17) is 5.11 Å². The van der Waals surface area contributed by atoms with Crippen molar-refractivity contribution in [3.8, 4) is 0 Å². The minimum atomic E-state index is -3.55. The zero-order valence-electron chi connectivity index (χ0n) is 12.0. The number of aliphatic carboxylic acids is 1. The lowest BCUT2D eigenvalue weighted by Gasteiger charge is -2.25. The molecule has 0 saturated heterocycles. The van der Waals surface area contributed by atoms with Gasteiger partial charge in [0.25, 0.3) is 0 Å². The number of rotatable bonds is 7. The van der Waals surface area contributed by atoms with Gasteiger partial charge < -0.3 is 5.11 Å². The monoisotopic (exact) mass is 299 g/mol. The number of sulfonamides is 1. The van der Waals surface area contributed by atoms with Gasteiger partial charge in [0.05, 0.1) is 12.2 Å². The molecule has 2 N–H and O–H groups in total. The highest BCUT2D eigenvalue weighted by Gasteiger charge is 2.28. The summed E-state index contributed by atoms with van der Waals surface area (Å²) in [6, 6.07) is 9.35. The van der Waals surface area contributed by atoms with Crippen LogP contribution in [0.15, 0.2) is 30.3 Å². The van der Waals surface area contributed by atoms with Crippen LogP contribution in [-0.4, -0.2) is 30.8 Å². The number of hydrogen-bond donors (Lipinski definition) is 2. The highest BCUT2D eigenvalue weighted by molar-refractivity contribution is 7.89. The van der Waals surface area contributed by atoms with Crippen molar-refractivity contribution in [1.29, 1.82) is 0 Å². The van der Waals surface area contributed by atoms with Crippen LogP contribution < -0.4 is 4.72 Å². The van der Waals surface area contributed by atoms with Crippen molar-refractivity contribution in [3.63, 3.8) is 0 Å². The molecular weight excluding hydrogens is 278 g/mol. The fourth-order valence-electron chi connectivity index (χ4n) is 2.08. The SMILES string of the molecule is CC(CS(=O)(=O)NC(C)(C)CC(=O)O)c1ccccc1. The third-order valence-electron chi connectivity index (χ3n) is 2.86. The predicted molar refractivity (Wildman–Crippen MR) is 78.1 cm³/mol. The van der Waals surface area contributed by atoms with E-state index < -0.39 is 21.5 Å². The van der Waals surface area contributed by atoms with Crippen LogP contribution in [0.1, 0.15) is 38.7 Å². The van der Waals surface area contributed by atoms with Crippen LogP contribution in [0.25, 0.3) is 0 Å². The van der Waals surface area contributed by atoms with E-state index in [2.05, 4.69) is 4.72 Å². The Hall–Kier alpha value is -1.40. The fourth-order valence-corrected chi connectivity index (χ4v) is 3.93. The zero-order chi connectivity index (χ0) is 15.4. The molecule has 1 atom stereocenters. The number of carboxylic acid groups (broad SMARTS) is 1. The summed E-state index contributed by atoms with van der Waals surface area (Å²) < 4.78 is 26.7. The maximum Gasteiger partial charge on any atom is 0.305 e. The first-order valence-corrected chi connectivity index (χ1v) is 8.05. The highest BCUT2D eigenvalue weighted by atomic mass is 32.2. The molecule has 6 heteroatoms. The summed E-state index contributed by atoms with van der Waals surface area (Å²) in [7, 11) is -3.55. The number of nitrogens with one attached hydrogen (secondary N) is 1. The van der Waals surface area contributed by atoms with Gasteiger partial charge in [-0.05, 0) is 25.3 Å². The molecule has 0 aliphatic heterocycles. The van der Waals surface area contributed by atoms with Gasteiger partial charge in [0, 0.05) is 5.54 Å². The first-order valence-electron chi connectivity index (χ1n) is 6.40. The summed E-state index contributed by atoms with van der Waals surface area (Å²) in [4.78, 5) is 10.7. The molecule has 1 unspecified atom stereocenters. The third kappa shape index (κ3) is 5.71. The fraction of sp³-hybridized carbons (Fsp3) is 0.500. The van der Waals surface area contributed by atoms with E-state index in [0.717, 1.165) is 5.56 Å². The molecule has 0 bridgehead atoms. The van der Waals surface area contributed by atoms with Gasteiger partial charge in [-0.1, -0.05) is 37.3 Å². The molecule has 0 spiro atoms. The van der Waals surface area contributed by atoms with Crippen LogP contribution in [0.3, 0.4) is 0 Å². The van der Waals surface area contributed by atoms with Crippen LogP contribution in [0.5, 0.6) is 0 Å². The first-order chi connectivity index (χ1) is 9.11. The Morgan fingerprint density at radius 2 is 1.85 bits per heavy atom. The number of carboxylic acids is 1. The average Bonchev–Trinajstić information content (AvgIpc) is 2.25. The van der Waals surface area contributed by atoms with Gasteiger partial charge in [0.1, 0.15) is 0 Å². The molecular formula is C14H21NO4S. The molecule has 112 valence electrons. The van der Waals surface area contributed by atoms with E-state index in [-0.39, 0.29) is 18.1 Å². The van der Waals surface area contributed by atoms with Crippen molar-refractivity contribution < 1.29 is 18.3 Å². The summed E-state index contributed by atoms with van der Waals surface area (Å²) in [6.45, 7) is 4.95. The van der Waals surface area contributed by atoms with Crippen molar-refractivity contribution in [2.45, 2.75) is 38.6 Å². The van der Waals surface area contributed by atoms with Gasteiger partial charge in [-0.15, -0.1) is 0 Å². The summed E-state index contributed by atoms with van der Waals surface area (Å²) in [5.74, 6) is -1.26. The largest absolute Gasteiger partial charge is 0.481 e. The van der Waals surface area contributed by atoms with Crippen molar-refractivity contribution in [2.75, 3.05) is 5.75 Å². The van der Waals surface area contributed by atoms with Gasteiger partial charge in [-0.2, -0.15) is 0 Å². The normalized spacial score (nSPS) is 13.9. The van der Waals surface area contributed by atoms with Crippen LogP contribution in [-0.2, 0) is 14.8 Å². The van der Waals surface area contributed by atoms with Crippen molar-refractivity contribution in [2.24, 2.45) is 0 Å². The van der Waals surface area contributed by atoms with Crippen molar-refractivity contribution in [3.05, 3.63) is 35.9 Å². The predicted octanol–water partition coefficient (Wildman–Crippen LogP) is 1.96. The topological polar surface area (TPSA) is 83.5 Å². The molecule has 1 aromatic rings. The standard InChI is InChI=1S/C14H21NO4S/c1-11(12-7-5-4-6-8-12)10-20(18,19)15-14(2,3)9-13(16)17/h4-8,11,15H,9-10H2,1-3H3,(H,16,17). The van der Waals surface area contributed by atoms with Gasteiger partial charge >= 0.3 is 5.97 Å². The Labute approximate surface area is 120 Å². The van der Waals surface area contributed by atoms with Gasteiger partial charge in [-0.25, -0.2) is 13.1 Å². The maximum atomic E-state index is 12.1. The lowest BCUT2D eigenvalue weighted by Crippen LogP contribution is -2.46. The molecule has 0 aliphatic rings. The number of hydrogen-bond acceptors (Lipinski definition) is 3. The molecule has 0 fully saturated rings. The Bertz CT molecular complexity index is 552. The molecule has 1 aromatic carbocycles. The van der Waals surface area contributed by atoms with E-state index >= 15 is 0 Å². The van der Waals surface area contributed by atoms with Crippen LogP contribution in [0.2, 0.25) is 0 Å². The molecule has 20 heavy (non-hydrogen) atoms. The second-order valence-electron chi connectivity index (χ2n) is 5.65. The lowest BCUT2D eigenvalue weighted by atomic mass is 10.0. The van der Waals surface area contributed by atoms with E-state index in [1.807, 2.05) is 37.3 Å². The summed E-state index contributed by atoms with van der Waals surface area (Å²) in [6.07, 6.45) is -0.258. The first kappa shape index (κ1) is 16.7. The maximum absolute atomic E-state index is 12.1. The summed E-state index contributed by atoms with van der Waals surface area (Å²) >= 11 is 0. The van der Waals surface area contributed by atoms with Gasteiger partial charge in [0.2, 0.25) is 10.0 Å². The van der Waals surface area contributed by atoms with E-state index in [1.165, 1.54) is 0 Å². The second kappa shape index (κ2) is 6.37.